The van der Waals surface area contributed by atoms with Gasteiger partial charge in [-0.05, 0) is 49.6 Å². The highest BCUT2D eigenvalue weighted by atomic mass is 35.5. The molecule has 0 bridgehead atoms. The number of halogens is 3. The van der Waals surface area contributed by atoms with Crippen molar-refractivity contribution in [1.82, 2.24) is 0 Å². The van der Waals surface area contributed by atoms with Crippen LogP contribution in [0.15, 0.2) is 30.3 Å². The third-order valence-corrected chi connectivity index (χ3v) is 4.63. The van der Waals surface area contributed by atoms with Crippen molar-refractivity contribution >= 4 is 34.8 Å². The summed E-state index contributed by atoms with van der Waals surface area (Å²) < 4.78 is 26.5. The lowest BCUT2D eigenvalue weighted by Gasteiger charge is -2.11. The van der Waals surface area contributed by atoms with Gasteiger partial charge < -0.3 is 10.6 Å². The van der Waals surface area contributed by atoms with E-state index in [0.717, 1.165) is 23.3 Å². The fraction of sp³-hybridized carbons (Fsp3) is 0.263. The lowest BCUT2D eigenvalue weighted by atomic mass is 10.1. The number of hydrogen-bond donors (Lipinski definition) is 2. The molecule has 2 amide bonds. The van der Waals surface area contributed by atoms with Crippen LogP contribution >= 0.6 is 11.6 Å². The van der Waals surface area contributed by atoms with Gasteiger partial charge in [0.05, 0.1) is 28.2 Å². The smallest absolute Gasteiger partial charge is 0.228 e. The first-order valence-electron chi connectivity index (χ1n) is 8.10. The van der Waals surface area contributed by atoms with Crippen LogP contribution in [-0.2, 0) is 9.59 Å². The Morgan fingerprint density at radius 1 is 1.04 bits per heavy atom. The van der Waals surface area contributed by atoms with Gasteiger partial charge in [0.2, 0.25) is 11.8 Å². The number of carbonyl (C=O) groups is 2. The van der Waals surface area contributed by atoms with E-state index in [2.05, 4.69) is 10.6 Å². The predicted molar refractivity (Wildman–Crippen MR) is 96.1 cm³/mol. The van der Waals surface area contributed by atoms with Crippen LogP contribution in [0.2, 0.25) is 5.02 Å². The quantitative estimate of drug-likeness (QED) is 0.825. The Balaban J connectivity index is 1.63. The topological polar surface area (TPSA) is 58.2 Å². The summed E-state index contributed by atoms with van der Waals surface area (Å²) in [7, 11) is 0. The van der Waals surface area contributed by atoms with Crippen molar-refractivity contribution in [3.8, 4) is 0 Å². The van der Waals surface area contributed by atoms with Crippen molar-refractivity contribution in [2.75, 3.05) is 10.6 Å². The highest BCUT2D eigenvalue weighted by Gasteiger charge is 2.48. The average molecular weight is 379 g/mol. The van der Waals surface area contributed by atoms with Gasteiger partial charge in [-0.2, -0.15) is 0 Å². The number of benzene rings is 2. The molecule has 2 atom stereocenters. The fourth-order valence-electron chi connectivity index (χ4n) is 2.88. The van der Waals surface area contributed by atoms with E-state index in [1.54, 1.807) is 6.07 Å². The number of amides is 2. The average Bonchev–Trinajstić information content (AvgIpc) is 3.34. The number of carbonyl (C=O) groups excluding carboxylic acids is 2. The molecule has 26 heavy (non-hydrogen) atoms. The van der Waals surface area contributed by atoms with Crippen LogP contribution in [-0.4, -0.2) is 11.8 Å². The van der Waals surface area contributed by atoms with Gasteiger partial charge in [0, 0.05) is 6.07 Å². The van der Waals surface area contributed by atoms with Crippen molar-refractivity contribution < 1.29 is 18.4 Å². The van der Waals surface area contributed by atoms with Crippen LogP contribution < -0.4 is 10.6 Å². The molecule has 2 N–H and O–H groups in total. The Morgan fingerprint density at radius 2 is 1.69 bits per heavy atom. The van der Waals surface area contributed by atoms with Gasteiger partial charge in [-0.15, -0.1) is 0 Å². The lowest BCUT2D eigenvalue weighted by Crippen LogP contribution is -2.21. The number of rotatable bonds is 4. The molecule has 0 aromatic heterocycles. The number of aryl methyl sites for hydroxylation is 2. The number of hydrogen-bond acceptors (Lipinski definition) is 2. The summed E-state index contributed by atoms with van der Waals surface area (Å²) in [5, 5.41) is 5.59. The summed E-state index contributed by atoms with van der Waals surface area (Å²) in [6.45, 7) is 3.74. The highest BCUT2D eigenvalue weighted by molar-refractivity contribution is 6.34. The summed E-state index contributed by atoms with van der Waals surface area (Å²) in [5.41, 5.74) is 2.23. The maximum atomic E-state index is 13.6. The van der Waals surface area contributed by atoms with Crippen molar-refractivity contribution in [3.05, 3.63) is 58.1 Å². The molecule has 0 saturated heterocycles. The fourth-order valence-corrected chi connectivity index (χ4v) is 3.25. The molecule has 0 radical (unpaired) electrons. The summed E-state index contributed by atoms with van der Waals surface area (Å²) >= 11 is 6.17. The van der Waals surface area contributed by atoms with Crippen LogP contribution in [0.1, 0.15) is 17.5 Å². The molecule has 1 saturated carbocycles. The highest BCUT2D eigenvalue weighted by Crippen LogP contribution is 2.41. The van der Waals surface area contributed by atoms with E-state index in [0.29, 0.717) is 23.2 Å². The maximum Gasteiger partial charge on any atom is 0.228 e. The first kappa shape index (κ1) is 18.3. The zero-order valence-electron chi connectivity index (χ0n) is 14.2. The summed E-state index contributed by atoms with van der Waals surface area (Å²) in [5.74, 6) is -3.42. The van der Waals surface area contributed by atoms with E-state index >= 15 is 0 Å². The van der Waals surface area contributed by atoms with Crippen LogP contribution in [0, 0.1) is 37.3 Å². The Hall–Kier alpha value is -2.47. The molecule has 1 fully saturated rings. The van der Waals surface area contributed by atoms with Crippen LogP contribution in [0.3, 0.4) is 0 Å². The summed E-state index contributed by atoms with van der Waals surface area (Å²) in [4.78, 5) is 24.5. The third-order valence-electron chi connectivity index (χ3n) is 4.33. The van der Waals surface area contributed by atoms with Crippen molar-refractivity contribution in [3.63, 3.8) is 0 Å². The standard InChI is InChI=1S/C19H17ClF2N2O2/c1-9-5-10(2)17(14(20)6-9)24-19(26)13-8-12(13)18(25)23-16-4-3-11(21)7-15(16)22/h3-7,12-13H,8H2,1-2H3,(H,23,25)(H,24,26). The van der Waals surface area contributed by atoms with E-state index in [9.17, 15) is 18.4 Å². The third kappa shape index (κ3) is 3.85. The van der Waals surface area contributed by atoms with Crippen LogP contribution in [0.25, 0.3) is 0 Å². The summed E-state index contributed by atoms with van der Waals surface area (Å²) in [6.07, 6.45) is 0.364. The van der Waals surface area contributed by atoms with Gasteiger partial charge in [0.25, 0.3) is 0 Å². The molecular weight excluding hydrogens is 362 g/mol. The van der Waals surface area contributed by atoms with Crippen LogP contribution in [0.5, 0.6) is 0 Å². The Kier molecular flexibility index (Phi) is 4.96. The molecule has 4 nitrogen and oxygen atoms in total. The molecule has 1 aliphatic carbocycles. The molecule has 7 heteroatoms. The molecule has 2 aromatic carbocycles. The van der Waals surface area contributed by atoms with Crippen molar-refractivity contribution in [2.24, 2.45) is 11.8 Å². The second-order valence-corrected chi connectivity index (χ2v) is 6.90. The summed E-state index contributed by atoms with van der Waals surface area (Å²) in [6, 6.07) is 6.54. The minimum Gasteiger partial charge on any atom is -0.324 e. The second kappa shape index (κ2) is 7.03. The molecule has 2 unspecified atom stereocenters. The Morgan fingerprint density at radius 3 is 2.31 bits per heavy atom. The van der Waals surface area contributed by atoms with Gasteiger partial charge in [-0.1, -0.05) is 17.7 Å². The van der Waals surface area contributed by atoms with E-state index in [1.807, 2.05) is 19.9 Å². The number of nitrogens with one attached hydrogen (secondary N) is 2. The monoisotopic (exact) mass is 378 g/mol. The zero-order valence-corrected chi connectivity index (χ0v) is 15.0. The Bertz CT molecular complexity index is 878. The van der Waals surface area contributed by atoms with E-state index in [4.69, 9.17) is 11.6 Å². The minimum atomic E-state index is -0.859. The van der Waals surface area contributed by atoms with E-state index in [1.165, 1.54) is 0 Å². The van der Waals surface area contributed by atoms with Gasteiger partial charge in [0.15, 0.2) is 0 Å². The van der Waals surface area contributed by atoms with Gasteiger partial charge in [0.1, 0.15) is 11.6 Å². The molecule has 1 aliphatic rings. The van der Waals surface area contributed by atoms with Gasteiger partial charge >= 0.3 is 0 Å². The largest absolute Gasteiger partial charge is 0.324 e. The van der Waals surface area contributed by atoms with Crippen LogP contribution in [0.4, 0.5) is 20.2 Å². The first-order valence-corrected chi connectivity index (χ1v) is 8.47. The minimum absolute atomic E-state index is 0.111. The van der Waals surface area contributed by atoms with E-state index < -0.39 is 29.4 Å². The van der Waals surface area contributed by atoms with Gasteiger partial charge in [-0.25, -0.2) is 8.78 Å². The number of anilines is 2. The maximum absolute atomic E-state index is 13.6. The normalized spacial score (nSPS) is 18.3. The first-order chi connectivity index (χ1) is 12.3. The Labute approximate surface area is 154 Å². The predicted octanol–water partition coefficient (Wildman–Crippen LogP) is 4.45. The molecular formula is C19H17ClF2N2O2. The SMILES string of the molecule is Cc1cc(C)c(NC(=O)C2CC2C(=O)Nc2ccc(F)cc2F)c(Cl)c1. The zero-order chi connectivity index (χ0) is 19.0. The molecule has 0 spiro atoms. The molecule has 0 aliphatic heterocycles. The van der Waals surface area contributed by atoms with Crippen molar-refractivity contribution in [1.29, 1.82) is 0 Å². The second-order valence-electron chi connectivity index (χ2n) is 6.49. The van der Waals surface area contributed by atoms with Gasteiger partial charge in [-0.3, -0.25) is 9.59 Å². The lowest BCUT2D eigenvalue weighted by molar-refractivity contribution is -0.122. The van der Waals surface area contributed by atoms with E-state index in [-0.39, 0.29) is 11.6 Å². The molecule has 2 aromatic rings. The van der Waals surface area contributed by atoms with Crippen molar-refractivity contribution in [2.45, 2.75) is 20.3 Å². The molecule has 0 heterocycles. The molecule has 3 rings (SSSR count). The molecule has 136 valence electrons.